The molecule has 0 bridgehead atoms. The molecule has 7 aromatic carbocycles. The highest BCUT2D eigenvalue weighted by Gasteiger charge is 2.39. The van der Waals surface area contributed by atoms with Crippen LogP contribution in [0, 0.1) is 65.3 Å². The maximum Gasteiger partial charge on any atom is 0.344 e. The van der Waals surface area contributed by atoms with Crippen molar-refractivity contribution in [1.82, 2.24) is 9.97 Å². The van der Waals surface area contributed by atoms with Crippen LogP contribution in [0.1, 0.15) is 62.3 Å². The molecule has 0 amide bonds. The first-order chi connectivity index (χ1) is 46.4. The molecule has 0 aliphatic carbocycles. The van der Waals surface area contributed by atoms with Crippen LogP contribution in [0.5, 0.6) is 17.2 Å². The lowest BCUT2D eigenvalue weighted by Gasteiger charge is -2.26. The first kappa shape index (κ1) is 61.9. The maximum absolute atomic E-state index is 15.5. The predicted octanol–water partition coefficient (Wildman–Crippen LogP) is 14.5. The first-order valence-electron chi connectivity index (χ1n) is 29.3. The molecule has 96 heavy (non-hydrogen) atoms. The second-order valence-electron chi connectivity index (χ2n) is 22.3. The molecule has 3 atom stereocenters. The third-order valence-electron chi connectivity index (χ3n) is 16.6. The van der Waals surface area contributed by atoms with E-state index in [1.807, 2.05) is 111 Å². The van der Waals surface area contributed by atoms with Gasteiger partial charge in [-0.25, -0.2) is 32.5 Å². The van der Waals surface area contributed by atoms with E-state index in [0.717, 1.165) is 38.9 Å². The van der Waals surface area contributed by atoms with Gasteiger partial charge in [-0.05, 0) is 131 Å². The Morgan fingerprint density at radius 2 is 0.927 bits per heavy atom. The van der Waals surface area contributed by atoms with Gasteiger partial charge < -0.3 is 44.7 Å². The lowest BCUT2D eigenvalue weighted by atomic mass is 9.83. The minimum absolute atomic E-state index is 0.0392. The second-order valence-corrected chi connectivity index (χ2v) is 22.7. The van der Waals surface area contributed by atoms with E-state index in [2.05, 4.69) is 9.97 Å². The molecule has 468 valence electrons. The maximum atomic E-state index is 15.5. The molecule has 3 aliphatic heterocycles. The van der Waals surface area contributed by atoms with Gasteiger partial charge in [0, 0.05) is 29.7 Å². The number of nitriles is 3. The lowest BCUT2D eigenvalue weighted by molar-refractivity contribution is 0.386. The third kappa shape index (κ3) is 11.2. The number of pyridine rings is 2. The van der Waals surface area contributed by atoms with E-state index in [1.54, 1.807) is 67.1 Å². The van der Waals surface area contributed by atoms with E-state index < -0.39 is 52.1 Å². The van der Waals surface area contributed by atoms with Crippen LogP contribution in [0.15, 0.2) is 250 Å². The van der Waals surface area contributed by atoms with Crippen molar-refractivity contribution in [1.29, 1.82) is 15.8 Å². The molecule has 0 fully saturated rings. The van der Waals surface area contributed by atoms with Gasteiger partial charge in [-0.2, -0.15) is 15.8 Å². The number of benzene rings is 7. The van der Waals surface area contributed by atoms with Gasteiger partial charge in [0.2, 0.25) is 17.6 Å². The molecule has 21 heteroatoms. The van der Waals surface area contributed by atoms with Crippen LogP contribution in [-0.4, -0.2) is 9.97 Å². The number of halogens is 4. The van der Waals surface area contributed by atoms with Crippen LogP contribution < -0.4 is 48.3 Å². The molecule has 0 saturated heterocycles. The molecule has 5 aromatic heterocycles. The van der Waals surface area contributed by atoms with E-state index in [1.165, 1.54) is 42.5 Å². The zero-order valence-corrected chi connectivity index (χ0v) is 51.0. The number of nitrogens with zero attached hydrogens (tertiary/aromatic N) is 5. The van der Waals surface area contributed by atoms with Crippen LogP contribution in [0.4, 0.5) is 13.2 Å². The summed E-state index contributed by atoms with van der Waals surface area (Å²) in [6.07, 6.45) is 5.10. The van der Waals surface area contributed by atoms with E-state index >= 15 is 4.39 Å². The molecule has 6 N–H and O–H groups in total. The summed E-state index contributed by atoms with van der Waals surface area (Å²) in [6, 6.07) is 53.1. The van der Waals surface area contributed by atoms with Crippen molar-refractivity contribution < 1.29 is 40.6 Å². The zero-order chi connectivity index (χ0) is 67.2. The lowest BCUT2D eigenvalue weighted by Crippen LogP contribution is -2.26. The van der Waals surface area contributed by atoms with Crippen molar-refractivity contribution in [2.75, 3.05) is 0 Å². The van der Waals surface area contributed by atoms with Crippen molar-refractivity contribution in [3.8, 4) is 68.8 Å². The largest absolute Gasteiger partial charge is 0.439 e. The SMILES string of the molecule is Cc1cc(-c2ccc(C3C(C#N)=C(N)Oc4c3c(=O)oc3ccc(F)cc43)cc2)cnc1Cl.Cc1ccccc1-c1ccc(C2C(C#N)=C(N)Oc3c2c(=O)oc2ccccc32)c(F)c1.N#CC1=C(N)Oc2c(c(=O)oc3ccc(F)cc23)C1c1ccc(-c2cccnc2)cc1. The van der Waals surface area contributed by atoms with Gasteiger partial charge in [-0.1, -0.05) is 115 Å². The summed E-state index contributed by atoms with van der Waals surface area (Å²) in [7, 11) is 0. The van der Waals surface area contributed by atoms with Crippen LogP contribution in [0.3, 0.4) is 0 Å². The van der Waals surface area contributed by atoms with Crippen molar-refractivity contribution in [2.45, 2.75) is 31.6 Å². The van der Waals surface area contributed by atoms with Gasteiger partial charge in [-0.15, -0.1) is 0 Å². The van der Waals surface area contributed by atoms with Gasteiger partial charge in [0.15, 0.2) is 17.2 Å². The Labute approximate surface area is 547 Å². The Morgan fingerprint density at radius 3 is 1.43 bits per heavy atom. The second kappa shape index (κ2) is 25.3. The van der Waals surface area contributed by atoms with E-state index in [4.69, 9.17) is 56.3 Å². The molecular weight excluding hydrogens is 1250 g/mol. The van der Waals surface area contributed by atoms with Gasteiger partial charge in [0.05, 0.1) is 50.6 Å². The number of hydrogen-bond donors (Lipinski definition) is 3. The summed E-state index contributed by atoms with van der Waals surface area (Å²) in [6.45, 7) is 3.81. The molecule has 15 rings (SSSR count). The Morgan fingerprint density at radius 1 is 0.458 bits per heavy atom. The number of rotatable bonds is 6. The molecule has 8 heterocycles. The number of aromatic nitrogens is 2. The highest BCUT2D eigenvalue weighted by atomic mass is 35.5. The topological polar surface area (TPSA) is 294 Å². The van der Waals surface area contributed by atoms with E-state index in [0.29, 0.717) is 32.8 Å². The molecule has 3 aliphatic rings. The predicted molar refractivity (Wildman–Crippen MR) is 351 cm³/mol. The van der Waals surface area contributed by atoms with Gasteiger partial charge in [0.1, 0.15) is 74.3 Å². The standard InChI is InChI=1S/C26H17FN2O3.C25H15ClFN3O3.C24H14FN3O3/c1-14-6-2-3-7-16(14)15-10-11-17(20(27)12-15)22-19(13-28)25(29)32-24-18-8-4-5-9-21(18)31-26(30)23(22)24;1-12-8-15(11-30-23(12)26)13-2-4-14(5-3-13)20-18(10-28)24(29)33-22-17-9-16(27)6-7-19(17)32-25(31)21(20)22;25-16-7-8-19-17(10-16)22-21(24(29)30-19)20(18(11-26)23(27)31-22)14-5-3-13(4-6-14)15-2-1-9-28-12-15/h2-12,22H,29H2,1H3;2-9,11,20H,29H2,1H3;1-10,12,20H,27H2. The fourth-order valence-corrected chi connectivity index (χ4v) is 12.1. The van der Waals surface area contributed by atoms with Crippen molar-refractivity contribution in [2.24, 2.45) is 17.2 Å². The Balaban J connectivity index is 0.000000130. The Kier molecular flexibility index (Phi) is 16.3. The normalized spacial score (nSPS) is 15.2. The molecule has 3 unspecified atom stereocenters. The molecule has 0 radical (unpaired) electrons. The van der Waals surface area contributed by atoms with E-state index in [9.17, 15) is 39.0 Å². The Hall–Kier alpha value is -13.0. The summed E-state index contributed by atoms with van der Waals surface area (Å²) < 4.78 is 76.6. The quantitative estimate of drug-likeness (QED) is 0.103. The molecule has 0 saturated carbocycles. The number of nitrogens with two attached hydrogens (primary N) is 3. The van der Waals surface area contributed by atoms with Crippen LogP contribution in [0.2, 0.25) is 5.15 Å². The van der Waals surface area contributed by atoms with E-state index in [-0.39, 0.29) is 95.8 Å². The highest BCUT2D eigenvalue weighted by molar-refractivity contribution is 6.30. The monoisotopic (exact) mass is 1290 g/mol. The highest BCUT2D eigenvalue weighted by Crippen LogP contribution is 2.48. The minimum atomic E-state index is -1.05. The number of hydrogen-bond acceptors (Lipinski definition) is 17. The summed E-state index contributed by atoms with van der Waals surface area (Å²) in [5, 5.41) is 30.7. The van der Waals surface area contributed by atoms with Crippen LogP contribution in [-0.2, 0) is 0 Å². The average molecular weight is 1300 g/mol. The number of aryl methyl sites for hydroxylation is 2. The summed E-state index contributed by atoms with van der Waals surface area (Å²) in [4.78, 5) is 47.0. The third-order valence-corrected chi connectivity index (χ3v) is 17.0. The number of para-hydroxylation sites is 1. The average Bonchev–Trinajstić information content (AvgIpc) is 0.753. The summed E-state index contributed by atoms with van der Waals surface area (Å²) >= 11 is 6.02. The number of fused-ring (bicyclic) bond motifs is 9. The van der Waals surface area contributed by atoms with Crippen molar-refractivity contribution in [3.63, 3.8) is 0 Å². The summed E-state index contributed by atoms with van der Waals surface area (Å²) in [5.74, 6) is -4.35. The number of ether oxygens (including phenoxy) is 3. The Bertz CT molecular complexity index is 5660. The minimum Gasteiger partial charge on any atom is -0.439 e. The van der Waals surface area contributed by atoms with Crippen molar-refractivity contribution >= 4 is 44.5 Å². The summed E-state index contributed by atoms with van der Waals surface area (Å²) in [5.41, 5.74) is 25.6. The number of allylic oxidation sites excluding steroid dienone is 3. The van der Waals surface area contributed by atoms with Crippen LogP contribution in [0.25, 0.3) is 66.3 Å². The molecule has 17 nitrogen and oxygen atoms in total. The smallest absolute Gasteiger partial charge is 0.344 e. The molecular formula is C75H46ClF3N8O9. The van der Waals surface area contributed by atoms with Crippen molar-refractivity contribution in [3.05, 3.63) is 321 Å². The van der Waals surface area contributed by atoms with Crippen LogP contribution >= 0.6 is 11.6 Å². The van der Waals surface area contributed by atoms with Gasteiger partial charge >= 0.3 is 16.9 Å². The fourth-order valence-electron chi connectivity index (χ4n) is 12.0. The first-order valence-corrected chi connectivity index (χ1v) is 29.7. The molecule has 12 aromatic rings. The molecule has 0 spiro atoms. The fraction of sp³-hybridized carbons (Fsp3) is 0.0667. The van der Waals surface area contributed by atoms with Gasteiger partial charge in [0.25, 0.3) is 0 Å². The van der Waals surface area contributed by atoms with Gasteiger partial charge in [-0.3, -0.25) is 4.98 Å². The zero-order valence-electron chi connectivity index (χ0n) is 50.3.